The van der Waals surface area contributed by atoms with Crippen molar-refractivity contribution in [3.63, 3.8) is 0 Å². The lowest BCUT2D eigenvalue weighted by Gasteiger charge is -2.17. The number of hydrogen-bond donors (Lipinski definition) is 2. The van der Waals surface area contributed by atoms with Gasteiger partial charge >= 0.3 is 6.16 Å². The molecule has 0 spiro atoms. The first-order valence-corrected chi connectivity index (χ1v) is 13.7. The third-order valence-corrected chi connectivity index (χ3v) is 7.55. The number of ether oxygens (including phenoxy) is 1. The Labute approximate surface area is 232 Å². The summed E-state index contributed by atoms with van der Waals surface area (Å²) in [6.07, 6.45) is 0.517. The molecule has 15 heteroatoms. The summed E-state index contributed by atoms with van der Waals surface area (Å²) in [5.41, 5.74) is 2.45. The lowest BCUT2D eigenvalue weighted by Crippen LogP contribution is -2.33. The van der Waals surface area contributed by atoms with Gasteiger partial charge in [0.1, 0.15) is 6.61 Å². The second-order valence-corrected chi connectivity index (χ2v) is 10.7. The number of nitrogens with one attached hydrogen (secondary N) is 1. The second kappa shape index (κ2) is 10.6. The highest BCUT2D eigenvalue weighted by molar-refractivity contribution is 7.85. The predicted octanol–water partition coefficient (Wildman–Crippen LogP) is 1.52. The summed E-state index contributed by atoms with van der Waals surface area (Å²) in [5, 5.41) is 2.99. The Hall–Kier alpha value is -4.89. The molecule has 2 heterocycles. The fourth-order valence-electron chi connectivity index (χ4n) is 4.75. The highest BCUT2D eigenvalue weighted by atomic mass is 32.2. The first kappa shape index (κ1) is 27.7. The molecule has 1 saturated heterocycles. The van der Waals surface area contributed by atoms with E-state index in [2.05, 4.69) is 5.32 Å². The van der Waals surface area contributed by atoms with Gasteiger partial charge < -0.3 is 10.1 Å². The van der Waals surface area contributed by atoms with Gasteiger partial charge in [0.2, 0.25) is 5.91 Å². The standard InChI is InChI=1S/C26H21N3O11S/c30-21(9-10-28-22(31)5-6-23(28)32)27-14-1-3-16-17-4-2-15(41(36,37)38)12-19(17)20(18(16)11-14)13-39-26(35)40-29-24(33)7-8-25(29)34/h1-6,11-12,20H,7-10,13H2,(H,27,30)(H,36,37,38). The normalized spacial score (nSPS) is 17.6. The van der Waals surface area contributed by atoms with E-state index in [4.69, 9.17) is 9.57 Å². The molecule has 0 aromatic heterocycles. The van der Waals surface area contributed by atoms with Crippen LogP contribution in [0.5, 0.6) is 0 Å². The predicted molar refractivity (Wildman–Crippen MR) is 136 cm³/mol. The number of carbonyl (C=O) groups excluding carboxylic acids is 6. The zero-order valence-electron chi connectivity index (χ0n) is 21.1. The maximum absolute atomic E-state index is 12.5. The minimum atomic E-state index is -4.57. The summed E-state index contributed by atoms with van der Waals surface area (Å²) in [4.78, 5) is 77.0. The molecule has 1 unspecified atom stereocenters. The highest BCUT2D eigenvalue weighted by Gasteiger charge is 2.35. The Bertz CT molecular complexity index is 1630. The Kier molecular flexibility index (Phi) is 7.15. The molecule has 0 radical (unpaired) electrons. The van der Waals surface area contributed by atoms with Crippen molar-refractivity contribution in [3.8, 4) is 11.1 Å². The number of anilines is 1. The van der Waals surface area contributed by atoms with Crippen LogP contribution in [0.1, 0.15) is 36.3 Å². The molecule has 2 aliphatic heterocycles. The maximum Gasteiger partial charge on any atom is 0.533 e. The Morgan fingerprint density at radius 3 is 2.17 bits per heavy atom. The summed E-state index contributed by atoms with van der Waals surface area (Å²) in [6, 6.07) is 8.76. The van der Waals surface area contributed by atoms with Gasteiger partial charge in [-0.05, 0) is 46.5 Å². The summed E-state index contributed by atoms with van der Waals surface area (Å²) >= 11 is 0. The van der Waals surface area contributed by atoms with E-state index in [0.29, 0.717) is 33.0 Å². The van der Waals surface area contributed by atoms with E-state index in [-0.39, 0.29) is 30.7 Å². The molecular formula is C26H21N3O11S. The fraction of sp³-hybridized carbons (Fsp3) is 0.231. The Morgan fingerprint density at radius 1 is 0.927 bits per heavy atom. The Balaban J connectivity index is 1.35. The van der Waals surface area contributed by atoms with Crippen LogP contribution >= 0.6 is 0 Å². The number of hydroxylamine groups is 2. The van der Waals surface area contributed by atoms with Crippen LogP contribution in [0.2, 0.25) is 0 Å². The van der Waals surface area contributed by atoms with Gasteiger partial charge in [0.15, 0.2) is 0 Å². The molecule has 1 fully saturated rings. The molecule has 2 N–H and O–H groups in total. The number of fused-ring (bicyclic) bond motifs is 3. The molecule has 0 saturated carbocycles. The molecule has 2 aromatic carbocycles. The van der Waals surface area contributed by atoms with Crippen LogP contribution in [0, 0.1) is 0 Å². The summed E-state index contributed by atoms with van der Waals surface area (Å²) in [5.74, 6) is -3.70. The van der Waals surface area contributed by atoms with Crippen LogP contribution in [0.15, 0.2) is 53.4 Å². The van der Waals surface area contributed by atoms with Gasteiger partial charge in [-0.2, -0.15) is 8.42 Å². The largest absolute Gasteiger partial charge is 0.533 e. The number of amides is 5. The summed E-state index contributed by atoms with van der Waals surface area (Å²) in [6.45, 7) is -0.528. The van der Waals surface area contributed by atoms with E-state index >= 15 is 0 Å². The molecule has 212 valence electrons. The van der Waals surface area contributed by atoms with Gasteiger partial charge in [0.25, 0.3) is 33.7 Å². The van der Waals surface area contributed by atoms with Gasteiger partial charge in [0.05, 0.1) is 4.90 Å². The maximum atomic E-state index is 12.5. The summed E-state index contributed by atoms with van der Waals surface area (Å²) < 4.78 is 38.3. The van der Waals surface area contributed by atoms with Crippen molar-refractivity contribution >= 4 is 51.5 Å². The minimum absolute atomic E-state index is 0.107. The van der Waals surface area contributed by atoms with Crippen LogP contribution < -0.4 is 5.32 Å². The third-order valence-electron chi connectivity index (χ3n) is 6.70. The van der Waals surface area contributed by atoms with Crippen LogP contribution in [0.4, 0.5) is 10.5 Å². The van der Waals surface area contributed by atoms with Crippen LogP contribution in [-0.2, 0) is 43.7 Å². The van der Waals surface area contributed by atoms with Gasteiger partial charge in [-0.3, -0.25) is 38.3 Å². The minimum Gasteiger partial charge on any atom is -0.432 e. The number of rotatable bonds is 8. The number of benzene rings is 2. The molecule has 2 aromatic rings. The lowest BCUT2D eigenvalue weighted by atomic mass is 9.97. The van der Waals surface area contributed by atoms with Crippen LogP contribution in [0.25, 0.3) is 11.1 Å². The van der Waals surface area contributed by atoms with Crippen molar-refractivity contribution in [2.75, 3.05) is 18.5 Å². The van der Waals surface area contributed by atoms with Crippen molar-refractivity contribution in [2.24, 2.45) is 0 Å². The van der Waals surface area contributed by atoms with E-state index in [1.165, 1.54) is 18.2 Å². The first-order valence-electron chi connectivity index (χ1n) is 12.2. The topological polar surface area (TPSA) is 194 Å². The quantitative estimate of drug-likeness (QED) is 0.260. The smallest absolute Gasteiger partial charge is 0.432 e. The van der Waals surface area contributed by atoms with Crippen molar-refractivity contribution in [1.29, 1.82) is 0 Å². The van der Waals surface area contributed by atoms with E-state index in [9.17, 15) is 41.7 Å². The SMILES string of the molecule is O=C(CCN1C(=O)C=CC1=O)Nc1ccc2c(c1)C(COC(=O)ON1C(=O)CCC1=O)c1cc(S(=O)(=O)O)ccc1-2. The molecule has 41 heavy (non-hydrogen) atoms. The van der Waals surface area contributed by atoms with Crippen molar-refractivity contribution in [2.45, 2.75) is 30.1 Å². The van der Waals surface area contributed by atoms with E-state index in [1.807, 2.05) is 0 Å². The van der Waals surface area contributed by atoms with E-state index in [1.54, 1.807) is 18.2 Å². The number of carbonyl (C=O) groups is 6. The molecular weight excluding hydrogens is 562 g/mol. The van der Waals surface area contributed by atoms with E-state index < -0.39 is 58.3 Å². The third kappa shape index (κ3) is 5.57. The molecule has 1 atom stereocenters. The Morgan fingerprint density at radius 2 is 1.54 bits per heavy atom. The van der Waals surface area contributed by atoms with Gasteiger partial charge in [0, 0.05) is 49.6 Å². The zero-order valence-corrected chi connectivity index (χ0v) is 21.9. The highest BCUT2D eigenvalue weighted by Crippen LogP contribution is 2.46. The number of imide groups is 2. The molecule has 3 aliphatic rings. The lowest BCUT2D eigenvalue weighted by molar-refractivity contribution is -0.177. The van der Waals surface area contributed by atoms with Crippen molar-refractivity contribution in [3.05, 3.63) is 59.7 Å². The molecule has 5 amide bonds. The van der Waals surface area contributed by atoms with Crippen molar-refractivity contribution in [1.82, 2.24) is 9.96 Å². The molecule has 1 aliphatic carbocycles. The van der Waals surface area contributed by atoms with Gasteiger partial charge in [-0.1, -0.05) is 17.2 Å². The van der Waals surface area contributed by atoms with Crippen LogP contribution in [-0.4, -0.2) is 71.8 Å². The molecule has 5 rings (SSSR count). The second-order valence-electron chi connectivity index (χ2n) is 9.27. The fourth-order valence-corrected chi connectivity index (χ4v) is 5.27. The summed E-state index contributed by atoms with van der Waals surface area (Å²) in [7, 11) is -4.57. The molecule has 0 bridgehead atoms. The average Bonchev–Trinajstić information content (AvgIpc) is 3.53. The van der Waals surface area contributed by atoms with Crippen molar-refractivity contribution < 1.29 is 51.3 Å². The number of hydrogen-bond acceptors (Lipinski definition) is 10. The van der Waals surface area contributed by atoms with Gasteiger partial charge in [-0.15, -0.1) is 0 Å². The van der Waals surface area contributed by atoms with E-state index in [0.717, 1.165) is 17.1 Å². The first-order chi connectivity index (χ1) is 19.4. The van der Waals surface area contributed by atoms with Crippen LogP contribution in [0.3, 0.4) is 0 Å². The number of nitrogens with zero attached hydrogens (tertiary/aromatic N) is 2. The molecule has 14 nitrogen and oxygen atoms in total. The average molecular weight is 584 g/mol. The monoisotopic (exact) mass is 583 g/mol. The zero-order chi connectivity index (χ0) is 29.5. The van der Waals surface area contributed by atoms with Gasteiger partial charge in [-0.25, -0.2) is 4.79 Å².